The van der Waals surface area contributed by atoms with E-state index in [2.05, 4.69) is 67.0 Å². The van der Waals surface area contributed by atoms with E-state index in [0.29, 0.717) is 12.8 Å². The Morgan fingerprint density at radius 2 is 1.00 bits per heavy atom. The third kappa shape index (κ3) is 41.6. The van der Waals surface area contributed by atoms with Gasteiger partial charge < -0.3 is 24.6 Å². The second kappa shape index (κ2) is 41.8. The highest BCUT2D eigenvalue weighted by Gasteiger charge is 2.27. The number of carbonyl (C=O) groups is 2. The van der Waals surface area contributed by atoms with Crippen LogP contribution < -0.4 is 0 Å². The van der Waals surface area contributed by atoms with E-state index in [1.807, 2.05) is 12.2 Å². The number of ether oxygens (including phenoxy) is 2. The van der Waals surface area contributed by atoms with Crippen molar-refractivity contribution in [2.24, 2.45) is 0 Å². The van der Waals surface area contributed by atoms with Crippen molar-refractivity contribution in [3.8, 4) is 0 Å². The summed E-state index contributed by atoms with van der Waals surface area (Å²) in [5.41, 5.74) is 0. The molecule has 11 heteroatoms. The zero-order chi connectivity index (χ0) is 41.9. The molecule has 0 aliphatic heterocycles. The van der Waals surface area contributed by atoms with Gasteiger partial charge in [-0.2, -0.15) is 0 Å². The lowest BCUT2D eigenvalue weighted by Crippen LogP contribution is -2.29. The Morgan fingerprint density at radius 1 is 0.544 bits per heavy atom. The van der Waals surface area contributed by atoms with Gasteiger partial charge in [0.1, 0.15) is 12.7 Å². The van der Waals surface area contributed by atoms with Crippen LogP contribution in [0.25, 0.3) is 0 Å². The topological polar surface area (TPSA) is 149 Å². The highest BCUT2D eigenvalue weighted by Crippen LogP contribution is 2.43. The highest BCUT2D eigenvalue weighted by molar-refractivity contribution is 7.47. The molecule has 0 radical (unpaired) electrons. The standard InChI is InChI=1S/C46H81O10P/c1-3-5-7-9-11-13-15-17-18-19-20-21-22-23-24-26-27-29-31-33-35-37-45(49)53-41-44(42-55-57(51,52)54-40-43(48)39-47)56-46(50)38-36-34-32-30-28-25-16-14-12-10-8-6-4-2/h5,7,11,13,17-18,25,28,32,34,43-44,47-48H,3-4,6,8-10,12,14-16,19-24,26-27,29-31,33,35-42H2,1-2H3,(H,51,52)/b7-5+,13-11+,18-17+,28-25+,34-32+/t43-,44?/m1/s1. The van der Waals surface area contributed by atoms with Crippen LogP contribution in [0.3, 0.4) is 0 Å². The second-order valence-electron chi connectivity index (χ2n) is 14.7. The molecule has 10 nitrogen and oxygen atoms in total. The van der Waals surface area contributed by atoms with E-state index in [9.17, 15) is 24.2 Å². The largest absolute Gasteiger partial charge is 0.472 e. The van der Waals surface area contributed by atoms with Crippen LogP contribution in [-0.2, 0) is 32.7 Å². The first-order valence-corrected chi connectivity index (χ1v) is 23.7. The molecule has 0 aliphatic carbocycles. The first kappa shape index (κ1) is 54.7. The molecule has 3 N–H and O–H groups in total. The lowest BCUT2D eigenvalue weighted by Gasteiger charge is -2.20. The molecular weight excluding hydrogens is 743 g/mol. The lowest BCUT2D eigenvalue weighted by atomic mass is 10.0. The van der Waals surface area contributed by atoms with Gasteiger partial charge in [0.2, 0.25) is 0 Å². The molecule has 2 unspecified atom stereocenters. The summed E-state index contributed by atoms with van der Waals surface area (Å²) in [4.78, 5) is 34.9. The predicted octanol–water partition coefficient (Wildman–Crippen LogP) is 11.9. The maximum Gasteiger partial charge on any atom is 0.472 e. The Kier molecular flexibility index (Phi) is 40.1. The van der Waals surface area contributed by atoms with Crippen molar-refractivity contribution in [2.75, 3.05) is 26.4 Å². The molecule has 0 spiro atoms. The number of esters is 2. The first-order valence-electron chi connectivity index (χ1n) is 22.2. The molecule has 330 valence electrons. The van der Waals surface area contributed by atoms with Crippen molar-refractivity contribution < 1.29 is 47.8 Å². The molecule has 0 aliphatic rings. The van der Waals surface area contributed by atoms with E-state index in [1.54, 1.807) is 0 Å². The zero-order valence-corrected chi connectivity index (χ0v) is 36.7. The molecular formula is C46H81O10P. The molecule has 0 saturated heterocycles. The number of aliphatic hydroxyl groups is 2. The molecule has 0 bridgehead atoms. The van der Waals surface area contributed by atoms with Gasteiger partial charge in [0.25, 0.3) is 0 Å². The Hall–Kier alpha value is -2.33. The summed E-state index contributed by atoms with van der Waals surface area (Å²) in [5, 5.41) is 18.3. The summed E-state index contributed by atoms with van der Waals surface area (Å²) in [5.74, 6) is -1.01. The SMILES string of the molecule is CC/C=C/C/C=C/C/C=C/CCCCCCCCCCCCCC(=O)OCC(COP(=O)(O)OC[C@H](O)CO)OC(=O)CC/C=C/C/C=C/CCCCCCCC. The summed E-state index contributed by atoms with van der Waals surface area (Å²) in [6.07, 6.45) is 46.4. The number of carbonyl (C=O) groups excluding carboxylic acids is 2. The summed E-state index contributed by atoms with van der Waals surface area (Å²) in [6, 6.07) is 0. The fourth-order valence-corrected chi connectivity index (χ4v) is 6.56. The van der Waals surface area contributed by atoms with Crippen LogP contribution in [0.4, 0.5) is 0 Å². The number of hydrogen-bond donors (Lipinski definition) is 3. The lowest BCUT2D eigenvalue weighted by molar-refractivity contribution is -0.161. The van der Waals surface area contributed by atoms with Gasteiger partial charge in [-0.25, -0.2) is 4.57 Å². The first-order chi connectivity index (χ1) is 27.7. The van der Waals surface area contributed by atoms with Crippen molar-refractivity contribution >= 4 is 19.8 Å². The minimum absolute atomic E-state index is 0.0760. The molecule has 0 fully saturated rings. The van der Waals surface area contributed by atoms with Crippen LogP contribution in [0.2, 0.25) is 0 Å². The monoisotopic (exact) mass is 825 g/mol. The minimum atomic E-state index is -4.63. The number of phosphoric ester groups is 1. The summed E-state index contributed by atoms with van der Waals surface area (Å²) in [7, 11) is -4.63. The number of aliphatic hydroxyl groups excluding tert-OH is 2. The van der Waals surface area contributed by atoms with Gasteiger partial charge >= 0.3 is 19.8 Å². The zero-order valence-electron chi connectivity index (χ0n) is 35.8. The van der Waals surface area contributed by atoms with Crippen LogP contribution in [0, 0.1) is 0 Å². The van der Waals surface area contributed by atoms with Crippen LogP contribution in [0.5, 0.6) is 0 Å². The molecule has 57 heavy (non-hydrogen) atoms. The van der Waals surface area contributed by atoms with Gasteiger partial charge in [-0.05, 0) is 64.2 Å². The molecule has 0 aromatic heterocycles. The van der Waals surface area contributed by atoms with Crippen molar-refractivity contribution in [1.29, 1.82) is 0 Å². The Morgan fingerprint density at radius 3 is 1.53 bits per heavy atom. The van der Waals surface area contributed by atoms with E-state index in [-0.39, 0.29) is 19.4 Å². The van der Waals surface area contributed by atoms with E-state index < -0.39 is 51.8 Å². The number of phosphoric acid groups is 1. The molecule has 3 atom stereocenters. The van der Waals surface area contributed by atoms with Gasteiger partial charge in [-0.15, -0.1) is 0 Å². The second-order valence-corrected chi connectivity index (χ2v) is 16.1. The number of hydrogen-bond acceptors (Lipinski definition) is 9. The number of allylic oxidation sites excluding steroid dienone is 10. The Balaban J connectivity index is 4.27. The molecule has 0 aromatic carbocycles. The molecule has 0 saturated carbocycles. The summed E-state index contributed by atoms with van der Waals surface area (Å²) < 4.78 is 32.6. The average molecular weight is 825 g/mol. The Labute approximate surface area is 346 Å². The Bertz CT molecular complexity index is 1130. The minimum Gasteiger partial charge on any atom is -0.462 e. The van der Waals surface area contributed by atoms with Crippen molar-refractivity contribution in [2.45, 2.75) is 193 Å². The molecule has 0 amide bonds. The summed E-state index contributed by atoms with van der Waals surface area (Å²) in [6.45, 7) is 2.19. The molecule has 0 rings (SSSR count). The smallest absolute Gasteiger partial charge is 0.462 e. The third-order valence-corrected chi connectivity index (χ3v) is 10.1. The van der Waals surface area contributed by atoms with Gasteiger partial charge in [-0.1, -0.05) is 164 Å². The fourth-order valence-electron chi connectivity index (χ4n) is 5.77. The van der Waals surface area contributed by atoms with E-state index in [0.717, 1.165) is 57.8 Å². The van der Waals surface area contributed by atoms with Gasteiger partial charge in [0, 0.05) is 12.8 Å². The van der Waals surface area contributed by atoms with Crippen LogP contribution in [-0.4, -0.2) is 65.7 Å². The fraction of sp³-hybridized carbons (Fsp3) is 0.739. The predicted molar refractivity (Wildman–Crippen MR) is 233 cm³/mol. The van der Waals surface area contributed by atoms with Gasteiger partial charge in [-0.3, -0.25) is 18.6 Å². The average Bonchev–Trinajstić information content (AvgIpc) is 3.20. The van der Waals surface area contributed by atoms with Gasteiger partial charge in [0.15, 0.2) is 6.10 Å². The van der Waals surface area contributed by atoms with E-state index in [1.165, 1.54) is 83.5 Å². The van der Waals surface area contributed by atoms with Crippen molar-refractivity contribution in [3.05, 3.63) is 60.8 Å². The third-order valence-electron chi connectivity index (χ3n) is 9.17. The normalized spacial score (nSPS) is 14.4. The number of unbranched alkanes of at least 4 members (excludes halogenated alkanes) is 17. The van der Waals surface area contributed by atoms with E-state index in [4.69, 9.17) is 19.1 Å². The quantitative estimate of drug-likeness (QED) is 0.0235. The number of rotatable bonds is 41. The highest BCUT2D eigenvalue weighted by atomic mass is 31.2. The summed E-state index contributed by atoms with van der Waals surface area (Å²) >= 11 is 0. The maximum atomic E-state index is 12.6. The molecule has 0 heterocycles. The van der Waals surface area contributed by atoms with Crippen LogP contribution in [0.15, 0.2) is 60.8 Å². The maximum absolute atomic E-state index is 12.6. The van der Waals surface area contributed by atoms with Gasteiger partial charge in [0.05, 0.1) is 19.8 Å². The molecule has 0 aromatic rings. The van der Waals surface area contributed by atoms with Crippen molar-refractivity contribution in [3.63, 3.8) is 0 Å². The van der Waals surface area contributed by atoms with Crippen LogP contribution >= 0.6 is 7.82 Å². The van der Waals surface area contributed by atoms with E-state index >= 15 is 0 Å². The van der Waals surface area contributed by atoms with Crippen molar-refractivity contribution in [1.82, 2.24) is 0 Å². The van der Waals surface area contributed by atoms with Crippen LogP contribution in [0.1, 0.15) is 181 Å².